The quantitative estimate of drug-likeness (QED) is 0.848. The molecule has 0 bridgehead atoms. The Hall–Kier alpha value is -1.30. The predicted octanol–water partition coefficient (Wildman–Crippen LogP) is 3.53. The molecule has 0 N–H and O–H groups in total. The Kier molecular flexibility index (Phi) is 3.35. The highest BCUT2D eigenvalue weighted by atomic mass is 79.9. The lowest BCUT2D eigenvalue weighted by Crippen LogP contribution is -2.08. The number of benzene rings is 1. The van der Waals surface area contributed by atoms with E-state index in [1.165, 1.54) is 18.9 Å². The number of rotatable bonds is 2. The molecule has 0 saturated heterocycles. The van der Waals surface area contributed by atoms with Crippen molar-refractivity contribution in [3.8, 4) is 5.69 Å². The molecule has 1 fully saturated rings. The van der Waals surface area contributed by atoms with Crippen molar-refractivity contribution in [3.05, 3.63) is 33.8 Å². The van der Waals surface area contributed by atoms with Gasteiger partial charge in [0.25, 0.3) is 0 Å². The van der Waals surface area contributed by atoms with E-state index in [0.717, 1.165) is 24.2 Å². The van der Waals surface area contributed by atoms with Gasteiger partial charge < -0.3 is 0 Å². The van der Waals surface area contributed by atoms with Gasteiger partial charge in [-0.25, -0.2) is 4.39 Å². The smallest absolute Gasteiger partial charge is 0.159 e. The maximum absolute atomic E-state index is 13.7. The van der Waals surface area contributed by atoms with Crippen molar-refractivity contribution >= 4 is 15.9 Å². The van der Waals surface area contributed by atoms with Crippen molar-refractivity contribution in [1.29, 1.82) is 0 Å². The van der Waals surface area contributed by atoms with Crippen molar-refractivity contribution in [2.75, 3.05) is 0 Å². The zero-order chi connectivity index (χ0) is 13.4. The van der Waals surface area contributed by atoms with Crippen LogP contribution in [0.1, 0.15) is 43.0 Å². The first-order valence-electron chi connectivity index (χ1n) is 6.41. The van der Waals surface area contributed by atoms with Crippen LogP contribution in [0, 0.1) is 12.7 Å². The van der Waals surface area contributed by atoms with Crippen molar-refractivity contribution in [2.24, 2.45) is 0 Å². The van der Waals surface area contributed by atoms with Gasteiger partial charge in [0.15, 0.2) is 5.82 Å². The molecule has 0 amide bonds. The van der Waals surface area contributed by atoms with Gasteiger partial charge in [-0.05, 0) is 57.8 Å². The van der Waals surface area contributed by atoms with Crippen LogP contribution in [0.25, 0.3) is 5.69 Å². The number of hydrogen-bond donors (Lipinski definition) is 0. The molecule has 0 radical (unpaired) electrons. The minimum atomic E-state index is -0.298. The average molecular weight is 325 g/mol. The summed E-state index contributed by atoms with van der Waals surface area (Å²) in [6, 6.07) is 3.24. The molecule has 0 unspecified atom stereocenters. The molecular formula is C13H14BrFN4. The van der Waals surface area contributed by atoms with Gasteiger partial charge in [-0.1, -0.05) is 12.8 Å². The van der Waals surface area contributed by atoms with E-state index in [4.69, 9.17) is 0 Å². The van der Waals surface area contributed by atoms with Crippen LogP contribution in [0.4, 0.5) is 4.39 Å². The van der Waals surface area contributed by atoms with Gasteiger partial charge in [-0.3, -0.25) is 0 Å². The maximum Gasteiger partial charge on any atom is 0.159 e. The van der Waals surface area contributed by atoms with Crippen LogP contribution in [0.5, 0.6) is 0 Å². The van der Waals surface area contributed by atoms with E-state index in [1.807, 2.05) is 6.92 Å². The summed E-state index contributed by atoms with van der Waals surface area (Å²) in [4.78, 5) is 0. The summed E-state index contributed by atoms with van der Waals surface area (Å²) in [6.07, 6.45) is 4.65. The summed E-state index contributed by atoms with van der Waals surface area (Å²) in [7, 11) is 0. The lowest BCUT2D eigenvalue weighted by molar-refractivity contribution is 0.609. The molecule has 0 atom stereocenters. The standard InChI is InChI=1S/C13H14BrFN4/c1-8-6-10(14)11(15)7-12(8)19-13(16-17-18-19)9-4-2-3-5-9/h6-7,9H,2-5H2,1H3. The Morgan fingerprint density at radius 3 is 2.79 bits per heavy atom. The van der Waals surface area contributed by atoms with E-state index in [0.29, 0.717) is 16.1 Å². The molecule has 1 aliphatic carbocycles. The second kappa shape index (κ2) is 5.00. The minimum Gasteiger partial charge on any atom is -0.206 e. The summed E-state index contributed by atoms with van der Waals surface area (Å²) >= 11 is 3.19. The fraction of sp³-hybridized carbons (Fsp3) is 0.462. The van der Waals surface area contributed by atoms with E-state index >= 15 is 0 Å². The van der Waals surface area contributed by atoms with Crippen LogP contribution in [-0.4, -0.2) is 20.2 Å². The van der Waals surface area contributed by atoms with Crippen molar-refractivity contribution in [2.45, 2.75) is 38.5 Å². The third-order valence-electron chi connectivity index (χ3n) is 3.68. The fourth-order valence-corrected chi connectivity index (χ4v) is 3.13. The normalized spacial score (nSPS) is 16.2. The highest BCUT2D eigenvalue weighted by Crippen LogP contribution is 2.34. The van der Waals surface area contributed by atoms with E-state index in [2.05, 4.69) is 31.5 Å². The average Bonchev–Trinajstić information content (AvgIpc) is 3.03. The van der Waals surface area contributed by atoms with E-state index in [1.54, 1.807) is 10.7 Å². The lowest BCUT2D eigenvalue weighted by Gasteiger charge is -2.12. The monoisotopic (exact) mass is 324 g/mol. The van der Waals surface area contributed by atoms with Crippen LogP contribution < -0.4 is 0 Å². The van der Waals surface area contributed by atoms with Crippen molar-refractivity contribution in [1.82, 2.24) is 20.2 Å². The molecule has 6 heteroatoms. The van der Waals surface area contributed by atoms with E-state index in [9.17, 15) is 4.39 Å². The largest absolute Gasteiger partial charge is 0.206 e. The molecule has 1 aromatic heterocycles. The topological polar surface area (TPSA) is 43.6 Å². The van der Waals surface area contributed by atoms with Gasteiger partial charge >= 0.3 is 0 Å². The first-order chi connectivity index (χ1) is 9.16. The molecule has 1 aliphatic rings. The molecule has 3 rings (SSSR count). The van der Waals surface area contributed by atoms with Crippen molar-refractivity contribution < 1.29 is 4.39 Å². The SMILES string of the molecule is Cc1cc(Br)c(F)cc1-n1nnnc1C1CCCC1. The third-order valence-corrected chi connectivity index (χ3v) is 4.29. The second-order valence-electron chi connectivity index (χ2n) is 4.98. The van der Waals surface area contributed by atoms with Gasteiger partial charge in [-0.2, -0.15) is 4.68 Å². The predicted molar refractivity (Wildman–Crippen MR) is 72.8 cm³/mol. The Morgan fingerprint density at radius 2 is 2.05 bits per heavy atom. The third kappa shape index (κ3) is 2.29. The number of hydrogen-bond acceptors (Lipinski definition) is 3. The Bertz CT molecular complexity index is 605. The van der Waals surface area contributed by atoms with Gasteiger partial charge in [0.05, 0.1) is 10.2 Å². The Balaban J connectivity index is 2.07. The number of nitrogens with zero attached hydrogens (tertiary/aromatic N) is 4. The van der Waals surface area contributed by atoms with E-state index in [-0.39, 0.29) is 5.82 Å². The number of aryl methyl sites for hydroxylation is 1. The van der Waals surface area contributed by atoms with Crippen molar-refractivity contribution in [3.63, 3.8) is 0 Å². The molecule has 0 aliphatic heterocycles. The first-order valence-corrected chi connectivity index (χ1v) is 7.20. The summed E-state index contributed by atoms with van der Waals surface area (Å²) in [5, 5.41) is 11.9. The molecule has 1 saturated carbocycles. The van der Waals surface area contributed by atoms with Gasteiger partial charge in [0.1, 0.15) is 5.82 Å². The highest BCUT2D eigenvalue weighted by molar-refractivity contribution is 9.10. The summed E-state index contributed by atoms with van der Waals surface area (Å²) in [5.41, 5.74) is 1.66. The zero-order valence-corrected chi connectivity index (χ0v) is 12.2. The van der Waals surface area contributed by atoms with Crippen LogP contribution in [0.3, 0.4) is 0 Å². The molecule has 100 valence electrons. The lowest BCUT2D eigenvalue weighted by atomic mass is 10.1. The van der Waals surface area contributed by atoms with Crippen LogP contribution >= 0.6 is 15.9 Å². The number of halogens is 2. The Labute approximate surface area is 119 Å². The molecule has 1 heterocycles. The van der Waals surface area contributed by atoms with Crippen LogP contribution in [0.15, 0.2) is 16.6 Å². The summed E-state index contributed by atoms with van der Waals surface area (Å²) < 4.78 is 15.9. The molecular weight excluding hydrogens is 311 g/mol. The zero-order valence-electron chi connectivity index (χ0n) is 10.6. The molecule has 1 aromatic carbocycles. The van der Waals surface area contributed by atoms with Crippen LogP contribution in [-0.2, 0) is 0 Å². The van der Waals surface area contributed by atoms with Gasteiger partial charge in [0.2, 0.25) is 0 Å². The van der Waals surface area contributed by atoms with Gasteiger partial charge in [-0.15, -0.1) is 5.10 Å². The first kappa shape index (κ1) is 12.7. The highest BCUT2D eigenvalue weighted by Gasteiger charge is 2.24. The summed E-state index contributed by atoms with van der Waals surface area (Å²) in [6.45, 7) is 1.93. The molecule has 4 nitrogen and oxygen atoms in total. The molecule has 19 heavy (non-hydrogen) atoms. The number of aromatic nitrogens is 4. The van der Waals surface area contributed by atoms with Gasteiger partial charge in [0, 0.05) is 12.0 Å². The number of tetrazole rings is 1. The second-order valence-corrected chi connectivity index (χ2v) is 5.84. The van der Waals surface area contributed by atoms with E-state index < -0.39 is 0 Å². The minimum absolute atomic E-state index is 0.298. The fourth-order valence-electron chi connectivity index (χ4n) is 2.67. The maximum atomic E-state index is 13.7. The summed E-state index contributed by atoms with van der Waals surface area (Å²) in [5.74, 6) is 0.942. The molecule has 0 spiro atoms. The molecule has 2 aromatic rings. The van der Waals surface area contributed by atoms with Crippen LogP contribution in [0.2, 0.25) is 0 Å². The Morgan fingerprint density at radius 1 is 1.32 bits per heavy atom.